The largest absolute Gasteiger partial charge is 0.405 e. The number of nitrogens with one attached hydrogen (secondary N) is 3. The fraction of sp³-hybridized carbons (Fsp3) is 0.458. The molecule has 9 rings (SSSR count). The van der Waals surface area contributed by atoms with Gasteiger partial charge >= 0.3 is 20.0 Å². The predicted molar refractivity (Wildman–Crippen MR) is 309 cm³/mol. The Morgan fingerprint density at radius 3 is 1.24 bits per heavy atom. The summed E-state index contributed by atoms with van der Waals surface area (Å²) in [6, 6.07) is 41.3. The van der Waals surface area contributed by atoms with Gasteiger partial charge in [0.2, 0.25) is 0 Å². The van der Waals surface area contributed by atoms with Crippen molar-refractivity contribution >= 4 is 46.0 Å². The zero-order valence-corrected chi connectivity index (χ0v) is 49.4. The van der Waals surface area contributed by atoms with Gasteiger partial charge in [-0.15, -0.1) is 0 Å². The second kappa shape index (κ2) is 23.5. The van der Waals surface area contributed by atoms with Crippen molar-refractivity contribution in [2.24, 2.45) is 0 Å². The van der Waals surface area contributed by atoms with Gasteiger partial charge in [0.05, 0.1) is 31.0 Å². The van der Waals surface area contributed by atoms with Gasteiger partial charge < -0.3 is 37.2 Å². The lowest BCUT2D eigenvalue weighted by atomic mass is 9.98. The van der Waals surface area contributed by atoms with E-state index in [-0.39, 0.29) is 42.2 Å². The number of ether oxygens (including phenoxy) is 2. The topological polar surface area (TPSA) is 186 Å². The SMILES string of the molecule is Cc1cn([C@H]2C[C@H](OP(O[C@H]3C[C@H](n4cc(C)c(=O)[nH]c4=O)O[C@@H]3CO[Si](c3ccccc3)(c3ccccc3)C(C)(C)C)OC(C)(C)[C@@H]3CCCN3)[C@@H](CO[Si](c3ccccc3)(c3ccccc3)C(C)(C)C)O2)c(=O)[nH]c1=O. The maximum Gasteiger partial charge on any atom is 0.334 e. The Kier molecular flexibility index (Phi) is 17.3. The number of aryl methyl sites for hydroxylation is 2. The lowest BCUT2D eigenvalue weighted by molar-refractivity contribution is -0.0576. The van der Waals surface area contributed by atoms with Crippen LogP contribution in [0.1, 0.15) is 105 Å². The molecule has 3 fully saturated rings. The Bertz CT molecular complexity index is 2940. The van der Waals surface area contributed by atoms with Crippen molar-refractivity contribution in [3.8, 4) is 0 Å². The molecule has 19 heteroatoms. The summed E-state index contributed by atoms with van der Waals surface area (Å²) in [4.78, 5) is 57.7. The zero-order chi connectivity index (χ0) is 55.6. The first-order chi connectivity index (χ1) is 37.1. The van der Waals surface area contributed by atoms with Crippen LogP contribution in [0.25, 0.3) is 0 Å². The van der Waals surface area contributed by atoms with Gasteiger partial charge in [0.1, 0.15) is 24.7 Å². The van der Waals surface area contributed by atoms with E-state index in [4.69, 9.17) is 31.9 Å². The third kappa shape index (κ3) is 11.8. The first kappa shape index (κ1) is 57.5. The number of nitrogens with zero attached hydrogens (tertiary/aromatic N) is 2. The summed E-state index contributed by atoms with van der Waals surface area (Å²) in [5, 5.41) is 7.22. The smallest absolute Gasteiger partial charge is 0.334 e. The molecule has 0 radical (unpaired) electrons. The van der Waals surface area contributed by atoms with E-state index >= 15 is 0 Å². The molecular formula is C59H76N5O11PSi2. The molecule has 2 aromatic heterocycles. The van der Waals surface area contributed by atoms with E-state index in [0.717, 1.165) is 40.1 Å². The molecule has 3 N–H and O–H groups in total. The molecule has 0 amide bonds. The standard InChI is InChI=1S/C59H76N5O11PSi2/c1-40-36-63(55(67)61-53(40)65)51-34-46(48(71-51)38-69-77(57(3,4)5,42-24-15-11-16-25-42)43-26-17-12-18-27-43)73-76(75-59(9,10)50-32-23-33-60-50)74-47-35-52(64-37-41(2)54(66)62-56(64)68)72-49(47)39-70-78(58(6,7)8,44-28-19-13-20-29-44)45-30-21-14-22-31-45/h11-22,24-31,36-37,46-52,60H,23,32-35,38-39H2,1-10H3,(H,61,65,67)(H,62,66,68)/t46-,47-,48+,49+,50-,51+,52+/m0/s1. The fourth-order valence-corrected chi connectivity index (χ4v) is 22.3. The van der Waals surface area contributed by atoms with Crippen LogP contribution in [0.15, 0.2) is 153 Å². The van der Waals surface area contributed by atoms with Gasteiger partial charge in [0, 0.05) is 42.4 Å². The molecule has 78 heavy (non-hydrogen) atoms. The molecule has 3 aliphatic rings. The highest BCUT2D eigenvalue weighted by Gasteiger charge is 2.54. The summed E-state index contributed by atoms with van der Waals surface area (Å²) in [7, 11) is -8.62. The number of rotatable bonds is 19. The molecule has 0 saturated carbocycles. The minimum Gasteiger partial charge on any atom is -0.405 e. The lowest BCUT2D eigenvalue weighted by Crippen LogP contribution is -2.67. The Hall–Kier alpha value is -5.22. The second-order valence-corrected chi connectivity index (χ2v) is 33.2. The Morgan fingerprint density at radius 2 is 0.923 bits per heavy atom. The van der Waals surface area contributed by atoms with E-state index in [9.17, 15) is 19.2 Å². The molecule has 3 aliphatic heterocycles. The Morgan fingerprint density at radius 1 is 0.564 bits per heavy atom. The van der Waals surface area contributed by atoms with Crippen molar-refractivity contribution in [1.82, 2.24) is 24.4 Å². The van der Waals surface area contributed by atoms with Crippen LogP contribution < -0.4 is 48.6 Å². The monoisotopic (exact) mass is 1120 g/mol. The number of aromatic nitrogens is 4. The maximum atomic E-state index is 13.7. The van der Waals surface area contributed by atoms with E-state index in [2.05, 4.69) is 105 Å². The van der Waals surface area contributed by atoms with Crippen LogP contribution in [0, 0.1) is 13.8 Å². The summed E-state index contributed by atoms with van der Waals surface area (Å²) < 4.78 is 53.5. The van der Waals surface area contributed by atoms with Gasteiger partial charge in [0.25, 0.3) is 27.8 Å². The van der Waals surface area contributed by atoms with Crippen molar-refractivity contribution in [1.29, 1.82) is 0 Å². The summed E-state index contributed by atoms with van der Waals surface area (Å²) >= 11 is 0. The van der Waals surface area contributed by atoms with Crippen molar-refractivity contribution < 1.29 is 31.9 Å². The van der Waals surface area contributed by atoms with Crippen molar-refractivity contribution in [3.05, 3.63) is 187 Å². The summed E-state index contributed by atoms with van der Waals surface area (Å²) in [6.07, 6.45) is 0.384. The van der Waals surface area contributed by atoms with Crippen LogP contribution in [-0.4, -0.2) is 91.6 Å². The number of H-pyrrole nitrogens is 2. The van der Waals surface area contributed by atoms with Gasteiger partial charge in [-0.2, -0.15) is 0 Å². The predicted octanol–water partition coefficient (Wildman–Crippen LogP) is 6.98. The van der Waals surface area contributed by atoms with Gasteiger partial charge in [-0.3, -0.25) is 28.7 Å². The molecule has 7 atom stereocenters. The molecule has 0 bridgehead atoms. The highest BCUT2D eigenvalue weighted by atomic mass is 31.2. The number of aromatic amines is 2. The molecule has 4 aromatic carbocycles. The molecule has 416 valence electrons. The first-order valence-electron chi connectivity index (χ1n) is 27.1. The summed E-state index contributed by atoms with van der Waals surface area (Å²) in [5.74, 6) is 0. The molecule has 5 heterocycles. The van der Waals surface area contributed by atoms with Crippen LogP contribution in [0.3, 0.4) is 0 Å². The molecule has 0 spiro atoms. The van der Waals surface area contributed by atoms with E-state index < -0.39 is 90.2 Å². The van der Waals surface area contributed by atoms with Crippen LogP contribution in [0.4, 0.5) is 0 Å². The maximum absolute atomic E-state index is 13.7. The molecule has 6 aromatic rings. The summed E-state index contributed by atoms with van der Waals surface area (Å²) in [5.41, 5.74) is -2.31. The van der Waals surface area contributed by atoms with E-state index in [1.54, 1.807) is 13.8 Å². The van der Waals surface area contributed by atoms with Gasteiger partial charge in [-0.05, 0) is 77.9 Å². The number of benzene rings is 4. The minimum absolute atomic E-state index is 0.0382. The highest BCUT2D eigenvalue weighted by Crippen LogP contribution is 2.53. The molecular weight excluding hydrogens is 1040 g/mol. The highest BCUT2D eigenvalue weighted by molar-refractivity contribution is 7.41. The zero-order valence-electron chi connectivity index (χ0n) is 46.5. The fourth-order valence-electron chi connectivity index (χ4n) is 11.6. The van der Waals surface area contributed by atoms with Gasteiger partial charge in [-0.25, -0.2) is 9.59 Å². The van der Waals surface area contributed by atoms with E-state index in [0.29, 0.717) is 11.1 Å². The third-order valence-electron chi connectivity index (χ3n) is 15.7. The van der Waals surface area contributed by atoms with Crippen LogP contribution in [0.5, 0.6) is 0 Å². The van der Waals surface area contributed by atoms with Crippen LogP contribution in [0.2, 0.25) is 10.1 Å². The quantitative estimate of drug-likeness (QED) is 0.0560. The Balaban J connectivity index is 1.12. The van der Waals surface area contributed by atoms with Crippen LogP contribution in [-0.2, 0) is 31.9 Å². The van der Waals surface area contributed by atoms with Crippen molar-refractivity contribution in [3.63, 3.8) is 0 Å². The Labute approximate surface area is 460 Å². The van der Waals surface area contributed by atoms with Gasteiger partial charge in [0.15, 0.2) is 0 Å². The number of hydrogen-bond acceptors (Lipinski definition) is 12. The first-order valence-corrected chi connectivity index (χ1v) is 32.0. The van der Waals surface area contributed by atoms with Crippen molar-refractivity contribution in [2.75, 3.05) is 19.8 Å². The third-order valence-corrected chi connectivity index (χ3v) is 27.2. The van der Waals surface area contributed by atoms with Crippen molar-refractivity contribution in [2.45, 2.75) is 154 Å². The average molecular weight is 1120 g/mol. The minimum atomic E-state index is -3.14. The normalized spacial score (nSPS) is 22.4. The van der Waals surface area contributed by atoms with E-state index in [1.807, 2.05) is 86.6 Å². The summed E-state index contributed by atoms with van der Waals surface area (Å²) in [6.45, 7) is 21.6. The molecule has 16 nitrogen and oxygen atoms in total. The molecule has 3 saturated heterocycles. The second-order valence-electron chi connectivity index (χ2n) is 23.5. The van der Waals surface area contributed by atoms with Crippen LogP contribution >= 0.6 is 8.60 Å². The lowest BCUT2D eigenvalue weighted by Gasteiger charge is -2.44. The molecule has 0 aliphatic carbocycles. The van der Waals surface area contributed by atoms with E-state index in [1.165, 1.54) is 21.5 Å². The van der Waals surface area contributed by atoms with Gasteiger partial charge in [-0.1, -0.05) is 163 Å². The average Bonchev–Trinajstić information content (AvgIpc) is 4.23. The number of hydrogen-bond donors (Lipinski definition) is 3. The molecule has 0 unspecified atom stereocenters.